The Kier molecular flexibility index (Phi) is 3.53. The number of ether oxygens (including phenoxy) is 1. The lowest BCUT2D eigenvalue weighted by molar-refractivity contribution is 0.380. The molecule has 0 aliphatic rings. The molecule has 0 saturated heterocycles. The van der Waals surface area contributed by atoms with Crippen LogP contribution in [0.3, 0.4) is 0 Å². The van der Waals surface area contributed by atoms with E-state index in [2.05, 4.69) is 41.2 Å². The fraction of sp³-hybridized carbons (Fsp3) is 0.0769. The maximum Gasteiger partial charge on any atom is 0.322 e. The largest absolute Gasteiger partial charge is 0.467 e. The van der Waals surface area contributed by atoms with Crippen molar-refractivity contribution in [2.45, 2.75) is 0 Å². The van der Waals surface area contributed by atoms with E-state index in [0.717, 1.165) is 21.1 Å². The summed E-state index contributed by atoms with van der Waals surface area (Å²) < 4.78 is 5.89. The number of nitrogens with two attached hydrogens (primary N) is 1. The fourth-order valence-electron chi connectivity index (χ4n) is 1.87. The number of aromatic nitrogens is 4. The van der Waals surface area contributed by atoms with Gasteiger partial charge in [0.15, 0.2) is 0 Å². The van der Waals surface area contributed by atoms with E-state index in [1.165, 1.54) is 7.11 Å². The SMILES string of the molecule is COc1nc(N)nc(Nc2cccc3cc(Br)cnc23)n1. The van der Waals surface area contributed by atoms with Crippen LogP contribution in [0.25, 0.3) is 10.9 Å². The van der Waals surface area contributed by atoms with Gasteiger partial charge in [0.05, 0.1) is 18.3 Å². The van der Waals surface area contributed by atoms with Gasteiger partial charge in [-0.2, -0.15) is 15.0 Å². The molecule has 0 fully saturated rings. The molecule has 0 aliphatic carbocycles. The zero-order chi connectivity index (χ0) is 14.8. The Bertz CT molecular complexity index is 810. The summed E-state index contributed by atoms with van der Waals surface area (Å²) in [5.74, 6) is 0.386. The molecule has 8 heteroatoms. The van der Waals surface area contributed by atoms with Crippen molar-refractivity contribution in [3.05, 3.63) is 34.9 Å². The van der Waals surface area contributed by atoms with Crippen molar-refractivity contribution in [3.8, 4) is 6.01 Å². The van der Waals surface area contributed by atoms with E-state index < -0.39 is 0 Å². The maximum atomic E-state index is 5.62. The number of hydrogen-bond acceptors (Lipinski definition) is 7. The normalized spacial score (nSPS) is 10.6. The Morgan fingerprint density at radius 3 is 2.90 bits per heavy atom. The molecule has 1 aromatic carbocycles. The molecule has 0 amide bonds. The minimum absolute atomic E-state index is 0.0836. The molecule has 7 nitrogen and oxygen atoms in total. The van der Waals surface area contributed by atoms with Crippen LogP contribution in [0.5, 0.6) is 6.01 Å². The molecule has 0 aliphatic heterocycles. The van der Waals surface area contributed by atoms with E-state index in [1.54, 1.807) is 6.20 Å². The average Bonchev–Trinajstić information content (AvgIpc) is 2.46. The molecule has 0 atom stereocenters. The Morgan fingerprint density at radius 1 is 1.24 bits per heavy atom. The first-order chi connectivity index (χ1) is 10.2. The van der Waals surface area contributed by atoms with Gasteiger partial charge in [0.1, 0.15) is 0 Å². The number of methoxy groups -OCH3 is 1. The molecule has 106 valence electrons. The predicted molar refractivity (Wildman–Crippen MR) is 83.5 cm³/mol. The summed E-state index contributed by atoms with van der Waals surface area (Å²) in [6, 6.07) is 7.91. The Labute approximate surface area is 128 Å². The number of rotatable bonds is 3. The quantitative estimate of drug-likeness (QED) is 0.751. The number of pyridine rings is 1. The second-order valence-electron chi connectivity index (χ2n) is 4.16. The summed E-state index contributed by atoms with van der Waals surface area (Å²) in [6.07, 6.45) is 1.73. The molecule has 0 radical (unpaired) electrons. The van der Waals surface area contributed by atoms with Crippen molar-refractivity contribution in [2.24, 2.45) is 0 Å². The maximum absolute atomic E-state index is 5.62. The van der Waals surface area contributed by atoms with Gasteiger partial charge in [-0.1, -0.05) is 12.1 Å². The predicted octanol–water partition coefficient (Wildman–Crippen LogP) is 2.52. The van der Waals surface area contributed by atoms with Crippen molar-refractivity contribution in [3.63, 3.8) is 0 Å². The molecular weight excluding hydrogens is 336 g/mol. The average molecular weight is 347 g/mol. The van der Waals surface area contributed by atoms with Gasteiger partial charge < -0.3 is 15.8 Å². The third-order valence-corrected chi connectivity index (χ3v) is 3.17. The summed E-state index contributed by atoms with van der Waals surface area (Å²) >= 11 is 3.40. The molecule has 21 heavy (non-hydrogen) atoms. The summed E-state index contributed by atoms with van der Waals surface area (Å²) in [5.41, 5.74) is 7.19. The van der Waals surface area contributed by atoms with Gasteiger partial charge in [-0.05, 0) is 28.1 Å². The van der Waals surface area contributed by atoms with Crippen LogP contribution in [-0.4, -0.2) is 27.0 Å². The molecule has 0 saturated carbocycles. The number of fused-ring (bicyclic) bond motifs is 1. The summed E-state index contributed by atoms with van der Waals surface area (Å²) in [5, 5.41) is 4.07. The van der Waals surface area contributed by atoms with E-state index in [9.17, 15) is 0 Å². The standard InChI is InChI=1S/C13H11BrN6O/c1-21-13-19-11(15)18-12(20-13)17-9-4-2-3-7-5-8(14)6-16-10(7)9/h2-6H,1H3,(H3,15,17,18,19,20). The van der Waals surface area contributed by atoms with Crippen LogP contribution >= 0.6 is 15.9 Å². The molecule has 0 spiro atoms. The smallest absolute Gasteiger partial charge is 0.322 e. The number of halogens is 1. The number of hydrogen-bond donors (Lipinski definition) is 2. The Hall–Kier alpha value is -2.48. The van der Waals surface area contributed by atoms with Gasteiger partial charge in [0, 0.05) is 16.1 Å². The second kappa shape index (κ2) is 5.49. The van der Waals surface area contributed by atoms with Crippen molar-refractivity contribution >= 4 is 44.4 Å². The minimum atomic E-state index is 0.0836. The molecule has 2 heterocycles. The first-order valence-corrected chi connectivity index (χ1v) is 6.82. The lowest BCUT2D eigenvalue weighted by Crippen LogP contribution is -2.05. The van der Waals surface area contributed by atoms with Gasteiger partial charge in [0.2, 0.25) is 11.9 Å². The summed E-state index contributed by atoms with van der Waals surface area (Å²) in [4.78, 5) is 16.4. The van der Waals surface area contributed by atoms with E-state index in [-0.39, 0.29) is 12.0 Å². The zero-order valence-corrected chi connectivity index (χ0v) is 12.6. The second-order valence-corrected chi connectivity index (χ2v) is 5.08. The molecule has 3 rings (SSSR count). The number of anilines is 3. The number of nitrogens with one attached hydrogen (secondary N) is 1. The highest BCUT2D eigenvalue weighted by Crippen LogP contribution is 2.26. The lowest BCUT2D eigenvalue weighted by Gasteiger charge is -2.09. The first kappa shape index (κ1) is 13.5. The number of para-hydroxylation sites is 1. The van der Waals surface area contributed by atoms with E-state index in [1.807, 2.05) is 24.3 Å². The van der Waals surface area contributed by atoms with Crippen molar-refractivity contribution in [2.75, 3.05) is 18.2 Å². The topological polar surface area (TPSA) is 98.8 Å². The van der Waals surface area contributed by atoms with Crippen molar-refractivity contribution in [1.29, 1.82) is 0 Å². The zero-order valence-electron chi connectivity index (χ0n) is 11.0. The Morgan fingerprint density at radius 2 is 2.10 bits per heavy atom. The lowest BCUT2D eigenvalue weighted by atomic mass is 10.2. The van der Waals surface area contributed by atoms with Crippen LogP contribution in [0.4, 0.5) is 17.6 Å². The number of nitrogen functional groups attached to an aromatic ring is 1. The van der Waals surface area contributed by atoms with Gasteiger partial charge in [-0.3, -0.25) is 4.98 Å². The Balaban J connectivity index is 2.04. The molecule has 3 aromatic rings. The van der Waals surface area contributed by atoms with Crippen LogP contribution < -0.4 is 15.8 Å². The van der Waals surface area contributed by atoms with Gasteiger partial charge in [0.25, 0.3) is 0 Å². The van der Waals surface area contributed by atoms with Crippen molar-refractivity contribution in [1.82, 2.24) is 19.9 Å². The summed E-state index contributed by atoms with van der Waals surface area (Å²) in [7, 11) is 1.47. The van der Waals surface area contributed by atoms with Crippen LogP contribution in [0.15, 0.2) is 34.9 Å². The van der Waals surface area contributed by atoms with Crippen LogP contribution in [0.2, 0.25) is 0 Å². The van der Waals surface area contributed by atoms with Gasteiger partial charge in [-0.15, -0.1) is 0 Å². The summed E-state index contributed by atoms with van der Waals surface area (Å²) in [6.45, 7) is 0. The highest BCUT2D eigenvalue weighted by Gasteiger charge is 2.08. The number of nitrogens with zero attached hydrogens (tertiary/aromatic N) is 4. The fourth-order valence-corrected chi connectivity index (χ4v) is 2.22. The van der Waals surface area contributed by atoms with Gasteiger partial charge >= 0.3 is 6.01 Å². The van der Waals surface area contributed by atoms with Gasteiger partial charge in [-0.25, -0.2) is 0 Å². The van der Waals surface area contributed by atoms with E-state index >= 15 is 0 Å². The van der Waals surface area contributed by atoms with Crippen LogP contribution in [-0.2, 0) is 0 Å². The minimum Gasteiger partial charge on any atom is -0.467 e. The molecular formula is C13H11BrN6O. The molecule has 0 unspecified atom stereocenters. The van der Waals surface area contributed by atoms with E-state index in [0.29, 0.717) is 5.95 Å². The van der Waals surface area contributed by atoms with E-state index in [4.69, 9.17) is 10.5 Å². The molecule has 2 aromatic heterocycles. The molecule has 0 bridgehead atoms. The third-order valence-electron chi connectivity index (χ3n) is 2.74. The van der Waals surface area contributed by atoms with Crippen LogP contribution in [0.1, 0.15) is 0 Å². The van der Waals surface area contributed by atoms with Crippen LogP contribution in [0, 0.1) is 0 Å². The monoisotopic (exact) mass is 346 g/mol. The third kappa shape index (κ3) is 2.84. The highest BCUT2D eigenvalue weighted by atomic mass is 79.9. The molecule has 3 N–H and O–H groups in total. The highest BCUT2D eigenvalue weighted by molar-refractivity contribution is 9.10. The number of benzene rings is 1. The van der Waals surface area contributed by atoms with Crippen molar-refractivity contribution < 1.29 is 4.74 Å². The first-order valence-electron chi connectivity index (χ1n) is 6.02.